The molecular formula is C18H24N4O2S. The minimum Gasteiger partial charge on any atom is -0.345 e. The molecule has 6 nitrogen and oxygen atoms in total. The molecule has 0 aliphatic carbocycles. The molecule has 25 heavy (non-hydrogen) atoms. The predicted octanol–water partition coefficient (Wildman–Crippen LogP) is 3.39. The molecule has 1 aromatic carbocycles. The van der Waals surface area contributed by atoms with Crippen LogP contribution in [0.25, 0.3) is 10.6 Å². The van der Waals surface area contributed by atoms with E-state index in [2.05, 4.69) is 20.8 Å². The number of carbonyl (C=O) groups excluding carboxylic acids is 2. The topological polar surface area (TPSA) is 84.0 Å². The Hall–Kier alpha value is -2.28. The van der Waals surface area contributed by atoms with Crippen molar-refractivity contribution in [3.8, 4) is 10.6 Å². The number of nitrogens with zero attached hydrogens (tertiary/aromatic N) is 2. The van der Waals surface area contributed by atoms with Gasteiger partial charge in [-0.15, -0.1) is 10.2 Å². The van der Waals surface area contributed by atoms with Gasteiger partial charge in [0.15, 0.2) is 0 Å². The van der Waals surface area contributed by atoms with Crippen molar-refractivity contribution in [2.45, 2.75) is 47.1 Å². The maximum Gasteiger partial charge on any atom is 0.248 e. The van der Waals surface area contributed by atoms with Crippen molar-refractivity contribution in [3.05, 3.63) is 29.8 Å². The van der Waals surface area contributed by atoms with Crippen molar-refractivity contribution in [2.24, 2.45) is 5.41 Å². The third-order valence-electron chi connectivity index (χ3n) is 3.38. The van der Waals surface area contributed by atoms with Gasteiger partial charge < -0.3 is 5.32 Å². The number of hydrogen-bond acceptors (Lipinski definition) is 5. The van der Waals surface area contributed by atoms with E-state index in [1.54, 1.807) is 6.92 Å². The SMILES string of the molecule is Cc1cccc(-c2nnc(NC(=O)[C@H](C)NC(=O)CC(C)(C)C)s2)c1. The highest BCUT2D eigenvalue weighted by molar-refractivity contribution is 7.18. The van der Waals surface area contributed by atoms with Crippen molar-refractivity contribution in [2.75, 3.05) is 5.32 Å². The third-order valence-corrected chi connectivity index (χ3v) is 4.27. The third kappa shape index (κ3) is 5.94. The molecule has 0 saturated carbocycles. The van der Waals surface area contributed by atoms with Gasteiger partial charge in [0.25, 0.3) is 0 Å². The van der Waals surface area contributed by atoms with Crippen LogP contribution in [0.15, 0.2) is 24.3 Å². The van der Waals surface area contributed by atoms with Crippen LogP contribution in [0.4, 0.5) is 5.13 Å². The molecule has 0 unspecified atom stereocenters. The number of amides is 2. The Bertz CT molecular complexity index is 764. The molecule has 0 aliphatic rings. The smallest absolute Gasteiger partial charge is 0.248 e. The number of aryl methyl sites for hydroxylation is 1. The minimum atomic E-state index is -0.638. The van der Waals surface area contributed by atoms with Gasteiger partial charge in [0.05, 0.1) is 0 Å². The fourth-order valence-corrected chi connectivity index (χ4v) is 2.96. The van der Waals surface area contributed by atoms with E-state index in [4.69, 9.17) is 0 Å². The average Bonchev–Trinajstić information content (AvgIpc) is 2.93. The molecule has 1 heterocycles. The molecule has 7 heteroatoms. The molecule has 0 bridgehead atoms. The summed E-state index contributed by atoms with van der Waals surface area (Å²) in [7, 11) is 0. The van der Waals surface area contributed by atoms with E-state index < -0.39 is 6.04 Å². The van der Waals surface area contributed by atoms with Crippen molar-refractivity contribution < 1.29 is 9.59 Å². The number of anilines is 1. The number of rotatable bonds is 5. The fraction of sp³-hybridized carbons (Fsp3) is 0.444. The van der Waals surface area contributed by atoms with Crippen LogP contribution in [0.2, 0.25) is 0 Å². The van der Waals surface area contributed by atoms with Gasteiger partial charge in [-0.05, 0) is 25.3 Å². The Labute approximate surface area is 152 Å². The molecule has 0 radical (unpaired) electrons. The predicted molar refractivity (Wildman–Crippen MR) is 100 cm³/mol. The minimum absolute atomic E-state index is 0.123. The van der Waals surface area contributed by atoms with Gasteiger partial charge in [0.1, 0.15) is 11.0 Å². The first-order chi connectivity index (χ1) is 11.6. The first-order valence-corrected chi connectivity index (χ1v) is 8.96. The lowest BCUT2D eigenvalue weighted by molar-refractivity contribution is -0.127. The Kier molecular flexibility index (Phi) is 5.89. The Balaban J connectivity index is 1.96. The van der Waals surface area contributed by atoms with Crippen LogP contribution in [0.3, 0.4) is 0 Å². The van der Waals surface area contributed by atoms with E-state index in [1.165, 1.54) is 11.3 Å². The summed E-state index contributed by atoms with van der Waals surface area (Å²) in [6, 6.07) is 7.29. The summed E-state index contributed by atoms with van der Waals surface area (Å²) in [4.78, 5) is 24.2. The standard InChI is InChI=1S/C18H24N4O2S/c1-11-7-6-8-13(9-11)16-21-22-17(25-16)20-15(24)12(2)19-14(23)10-18(3,4)5/h6-9,12H,10H2,1-5H3,(H,19,23)(H,20,22,24)/t12-/m0/s1. The van der Waals surface area contributed by atoms with Gasteiger partial charge in [-0.3, -0.25) is 14.9 Å². The fourth-order valence-electron chi connectivity index (χ4n) is 2.22. The summed E-state index contributed by atoms with van der Waals surface area (Å²) in [6.07, 6.45) is 0.362. The van der Waals surface area contributed by atoms with Crippen molar-refractivity contribution in [3.63, 3.8) is 0 Å². The van der Waals surface area contributed by atoms with Crippen LogP contribution in [-0.4, -0.2) is 28.1 Å². The highest BCUT2D eigenvalue weighted by Crippen LogP contribution is 2.26. The molecule has 2 rings (SSSR count). The zero-order valence-corrected chi connectivity index (χ0v) is 16.0. The van der Waals surface area contributed by atoms with Gasteiger partial charge in [-0.2, -0.15) is 0 Å². The van der Waals surface area contributed by atoms with E-state index in [-0.39, 0.29) is 17.2 Å². The Morgan fingerprint density at radius 2 is 1.96 bits per heavy atom. The highest BCUT2D eigenvalue weighted by Gasteiger charge is 2.21. The molecule has 2 aromatic rings. The quantitative estimate of drug-likeness (QED) is 0.856. The Morgan fingerprint density at radius 1 is 1.24 bits per heavy atom. The van der Waals surface area contributed by atoms with Gasteiger partial charge in [-0.25, -0.2) is 0 Å². The normalized spacial score (nSPS) is 12.5. The first-order valence-electron chi connectivity index (χ1n) is 8.15. The summed E-state index contributed by atoms with van der Waals surface area (Å²) in [5, 5.41) is 14.7. The van der Waals surface area contributed by atoms with E-state index in [9.17, 15) is 9.59 Å². The maximum absolute atomic E-state index is 12.2. The number of nitrogens with one attached hydrogen (secondary N) is 2. The molecule has 1 atom stereocenters. The largest absolute Gasteiger partial charge is 0.345 e. The monoisotopic (exact) mass is 360 g/mol. The second-order valence-corrected chi connectivity index (χ2v) is 8.28. The maximum atomic E-state index is 12.2. The number of aromatic nitrogens is 2. The molecule has 0 aliphatic heterocycles. The summed E-state index contributed by atoms with van der Waals surface area (Å²) < 4.78 is 0. The van der Waals surface area contributed by atoms with E-state index in [0.29, 0.717) is 11.6 Å². The molecule has 134 valence electrons. The number of carbonyl (C=O) groups is 2. The van der Waals surface area contributed by atoms with Crippen LogP contribution in [-0.2, 0) is 9.59 Å². The van der Waals surface area contributed by atoms with Crippen LogP contribution in [0.5, 0.6) is 0 Å². The van der Waals surface area contributed by atoms with Crippen LogP contribution in [0, 0.1) is 12.3 Å². The first kappa shape index (κ1) is 19.1. The van der Waals surface area contributed by atoms with Gasteiger partial charge in [-0.1, -0.05) is 55.9 Å². The van der Waals surface area contributed by atoms with Crippen molar-refractivity contribution in [1.29, 1.82) is 0 Å². The molecular weight excluding hydrogens is 336 g/mol. The van der Waals surface area contributed by atoms with Crippen molar-refractivity contribution in [1.82, 2.24) is 15.5 Å². The van der Waals surface area contributed by atoms with Crippen LogP contribution < -0.4 is 10.6 Å². The summed E-state index contributed by atoms with van der Waals surface area (Å²) in [5.41, 5.74) is 1.97. The molecule has 2 amide bonds. The van der Waals surface area contributed by atoms with E-state index in [0.717, 1.165) is 16.1 Å². The van der Waals surface area contributed by atoms with Gasteiger partial charge in [0, 0.05) is 12.0 Å². The lowest BCUT2D eigenvalue weighted by Crippen LogP contribution is -2.42. The zero-order chi connectivity index (χ0) is 18.6. The summed E-state index contributed by atoms with van der Waals surface area (Å²) in [5.74, 6) is -0.456. The van der Waals surface area contributed by atoms with E-state index >= 15 is 0 Å². The Morgan fingerprint density at radius 3 is 2.60 bits per heavy atom. The van der Waals surface area contributed by atoms with Gasteiger partial charge in [0.2, 0.25) is 16.9 Å². The lowest BCUT2D eigenvalue weighted by atomic mass is 9.92. The molecule has 0 fully saturated rings. The summed E-state index contributed by atoms with van der Waals surface area (Å²) in [6.45, 7) is 9.59. The number of hydrogen-bond donors (Lipinski definition) is 2. The lowest BCUT2D eigenvalue weighted by Gasteiger charge is -2.19. The van der Waals surface area contributed by atoms with Gasteiger partial charge >= 0.3 is 0 Å². The van der Waals surface area contributed by atoms with E-state index in [1.807, 2.05) is 52.0 Å². The average molecular weight is 360 g/mol. The zero-order valence-electron chi connectivity index (χ0n) is 15.2. The molecule has 0 spiro atoms. The van der Waals surface area contributed by atoms with Crippen LogP contribution in [0.1, 0.15) is 39.7 Å². The number of benzene rings is 1. The van der Waals surface area contributed by atoms with Crippen LogP contribution >= 0.6 is 11.3 Å². The molecule has 0 saturated heterocycles. The summed E-state index contributed by atoms with van der Waals surface area (Å²) >= 11 is 1.30. The second kappa shape index (κ2) is 7.74. The highest BCUT2D eigenvalue weighted by atomic mass is 32.1. The molecule has 2 N–H and O–H groups in total. The second-order valence-electron chi connectivity index (χ2n) is 7.30. The van der Waals surface area contributed by atoms with Crippen molar-refractivity contribution >= 4 is 28.3 Å². The molecule has 1 aromatic heterocycles.